The lowest BCUT2D eigenvalue weighted by molar-refractivity contribution is 1.41. The Morgan fingerprint density at radius 3 is 0.952 bits per heavy atom. The largest absolute Gasteiger partial charge is 0.192 e. The first-order valence-electron chi connectivity index (χ1n) is 19.9. The molecule has 0 spiro atoms. The highest BCUT2D eigenvalue weighted by Gasteiger charge is 2.31. The molecule has 276 valence electrons. The van der Waals surface area contributed by atoms with Crippen LogP contribution in [0.1, 0.15) is 33.4 Å². The van der Waals surface area contributed by atoms with Crippen molar-refractivity contribution in [3.8, 4) is 103 Å². The van der Waals surface area contributed by atoms with Gasteiger partial charge < -0.3 is 0 Å². The lowest BCUT2D eigenvalue weighted by Gasteiger charge is -2.20. The summed E-state index contributed by atoms with van der Waals surface area (Å²) in [5, 5.41) is 71.6. The van der Waals surface area contributed by atoms with E-state index in [0.29, 0.717) is 22.3 Å². The summed E-state index contributed by atoms with van der Waals surface area (Å²) < 4.78 is 0. The molecular weight excluding hydrogens is 757 g/mol. The van der Waals surface area contributed by atoms with Crippen LogP contribution in [0.5, 0.6) is 0 Å². The molecule has 0 aromatic heterocycles. The van der Waals surface area contributed by atoms with Crippen LogP contribution in [0.2, 0.25) is 0 Å². The maximum absolute atomic E-state index is 10.6. The van der Waals surface area contributed by atoms with E-state index in [0.717, 1.165) is 109 Å². The molecule has 10 aromatic rings. The van der Waals surface area contributed by atoms with E-state index in [2.05, 4.69) is 133 Å². The second-order valence-electron chi connectivity index (χ2n) is 15.7. The van der Waals surface area contributed by atoms with Crippen molar-refractivity contribution in [2.75, 3.05) is 0 Å². The molecule has 2 aliphatic rings. The maximum atomic E-state index is 10.6. The Morgan fingerprint density at radius 2 is 0.581 bits per heavy atom. The fourth-order valence-corrected chi connectivity index (χ4v) is 10.4. The fraction of sp³-hybridized carbons (Fsp3) is 0. The molecule has 0 amide bonds. The predicted octanol–water partition coefficient (Wildman–Crippen LogP) is 13.3. The molecule has 62 heavy (non-hydrogen) atoms. The van der Waals surface area contributed by atoms with Gasteiger partial charge in [-0.25, -0.2) is 0 Å². The Bertz CT molecular complexity index is 3830. The molecule has 0 heterocycles. The Balaban J connectivity index is 1.26. The first kappa shape index (κ1) is 34.5. The molecule has 0 N–H and O–H groups in total. The van der Waals surface area contributed by atoms with E-state index in [9.17, 15) is 31.6 Å². The van der Waals surface area contributed by atoms with E-state index < -0.39 is 0 Å². The highest BCUT2D eigenvalue weighted by Crippen LogP contribution is 2.57. The summed E-state index contributed by atoms with van der Waals surface area (Å²) in [7, 11) is 0. The Morgan fingerprint density at radius 1 is 0.242 bits per heavy atom. The first-order chi connectivity index (χ1) is 30.5. The van der Waals surface area contributed by atoms with E-state index in [1.165, 1.54) is 12.1 Å². The van der Waals surface area contributed by atoms with Crippen LogP contribution in [0.4, 0.5) is 0 Å². The number of nitrogens with zero attached hydrogens (tertiary/aromatic N) is 6. The summed E-state index contributed by atoms with van der Waals surface area (Å²) in [6.07, 6.45) is 0. The van der Waals surface area contributed by atoms with E-state index in [1.807, 2.05) is 12.1 Å². The first-order valence-corrected chi connectivity index (χ1v) is 19.9. The number of rotatable bonds is 2. The number of fused-ring (bicyclic) bond motifs is 11. The SMILES string of the molecule is N#Cc1cc(C#N)c(-c2c3c(cc4c2ccc2c5cc6c(c(-c7cc(C#N)c(C#N)cc7C#N)c5ccc42)-c2cccc4cccc-6c24)-c2cccc4cccc-3c24)cc1C#N. The Hall–Kier alpha value is -9.56. The van der Waals surface area contributed by atoms with Crippen molar-refractivity contribution in [2.45, 2.75) is 0 Å². The van der Waals surface area contributed by atoms with Crippen molar-refractivity contribution >= 4 is 53.9 Å². The number of hydrogen-bond donors (Lipinski definition) is 0. The van der Waals surface area contributed by atoms with E-state index in [1.54, 1.807) is 12.1 Å². The third kappa shape index (κ3) is 4.35. The summed E-state index contributed by atoms with van der Waals surface area (Å²) in [4.78, 5) is 0. The standard InChI is InChI=1S/C56H22N6/c57-23-31-17-35(27-61)45(19-33(31)25-59)53-41-15-14-38-37(47(41)21-49-39-9-1-5-29-7-3-11-43(51(29)39)55(49)53)13-16-42-48(38)22-50-40-10-2-6-30-8-4-12-44(52(30)40)56(50)54(42)46-20-34(26-60)32(24-58)18-36(46)28-62/h1-22H. The summed E-state index contributed by atoms with van der Waals surface area (Å²) in [5.74, 6) is 0. The molecule has 10 aromatic carbocycles. The number of benzene rings is 10. The van der Waals surface area contributed by atoms with Crippen LogP contribution in [0.15, 0.2) is 133 Å². The maximum Gasteiger partial charge on any atom is 0.101 e. The lowest BCUT2D eigenvalue weighted by Crippen LogP contribution is -1.97. The average Bonchev–Trinajstić information content (AvgIpc) is 3.82. The molecule has 0 bridgehead atoms. The van der Waals surface area contributed by atoms with Crippen LogP contribution in [0.3, 0.4) is 0 Å². The normalized spacial score (nSPS) is 11.5. The second kappa shape index (κ2) is 12.5. The molecule has 0 aliphatic heterocycles. The zero-order valence-corrected chi connectivity index (χ0v) is 32.4. The second-order valence-corrected chi connectivity index (χ2v) is 15.7. The monoisotopic (exact) mass is 778 g/mol. The van der Waals surface area contributed by atoms with Gasteiger partial charge in [-0.3, -0.25) is 0 Å². The van der Waals surface area contributed by atoms with Gasteiger partial charge in [0, 0.05) is 11.1 Å². The van der Waals surface area contributed by atoms with Crippen molar-refractivity contribution in [1.29, 1.82) is 31.6 Å². The molecule has 2 aliphatic carbocycles. The third-order valence-corrected chi connectivity index (χ3v) is 12.9. The van der Waals surface area contributed by atoms with Crippen molar-refractivity contribution in [3.63, 3.8) is 0 Å². The Labute approximate surface area is 354 Å². The fourth-order valence-electron chi connectivity index (χ4n) is 10.4. The van der Waals surface area contributed by atoms with Gasteiger partial charge in [-0.2, -0.15) is 31.6 Å². The molecule has 0 radical (unpaired) electrons. The lowest BCUT2D eigenvalue weighted by atomic mass is 9.82. The van der Waals surface area contributed by atoms with Crippen LogP contribution in [-0.4, -0.2) is 0 Å². The van der Waals surface area contributed by atoms with Crippen LogP contribution in [0, 0.1) is 68.0 Å². The van der Waals surface area contributed by atoms with Crippen LogP contribution < -0.4 is 0 Å². The minimum Gasteiger partial charge on any atom is -0.192 e. The zero-order chi connectivity index (χ0) is 42.0. The van der Waals surface area contributed by atoms with Gasteiger partial charge in [0.2, 0.25) is 0 Å². The molecule has 0 fully saturated rings. The van der Waals surface area contributed by atoms with Crippen LogP contribution in [-0.2, 0) is 0 Å². The van der Waals surface area contributed by atoms with Crippen molar-refractivity contribution in [1.82, 2.24) is 0 Å². The summed E-state index contributed by atoms with van der Waals surface area (Å²) in [6.45, 7) is 0. The van der Waals surface area contributed by atoms with Gasteiger partial charge in [0.25, 0.3) is 0 Å². The van der Waals surface area contributed by atoms with Crippen LogP contribution in [0.25, 0.3) is 121 Å². The highest BCUT2D eigenvalue weighted by atomic mass is 14.4. The van der Waals surface area contributed by atoms with Crippen LogP contribution >= 0.6 is 0 Å². The number of hydrogen-bond acceptors (Lipinski definition) is 6. The molecule has 0 saturated heterocycles. The van der Waals surface area contributed by atoms with Gasteiger partial charge in [0.1, 0.15) is 24.3 Å². The molecule has 6 heteroatoms. The molecule has 0 atom stereocenters. The van der Waals surface area contributed by atoms with Crippen molar-refractivity contribution in [3.05, 3.63) is 167 Å². The van der Waals surface area contributed by atoms with Gasteiger partial charge in [0.15, 0.2) is 0 Å². The van der Waals surface area contributed by atoms with Crippen molar-refractivity contribution in [2.24, 2.45) is 0 Å². The molecular formula is C56H22N6. The molecule has 0 saturated carbocycles. The third-order valence-electron chi connectivity index (χ3n) is 12.9. The van der Waals surface area contributed by atoms with Gasteiger partial charge >= 0.3 is 0 Å². The zero-order valence-electron chi connectivity index (χ0n) is 32.4. The Kier molecular flexibility index (Phi) is 6.94. The summed E-state index contributed by atoms with van der Waals surface area (Å²) >= 11 is 0. The quantitative estimate of drug-likeness (QED) is 0.160. The topological polar surface area (TPSA) is 143 Å². The minimum absolute atomic E-state index is 0.150. The summed E-state index contributed by atoms with van der Waals surface area (Å²) in [5.41, 5.74) is 12.3. The summed E-state index contributed by atoms with van der Waals surface area (Å²) in [6, 6.07) is 57.7. The molecule has 6 nitrogen and oxygen atoms in total. The highest BCUT2D eigenvalue weighted by molar-refractivity contribution is 6.30. The smallest absolute Gasteiger partial charge is 0.101 e. The minimum atomic E-state index is 0.150. The number of nitriles is 6. The molecule has 0 unspecified atom stereocenters. The van der Waals surface area contributed by atoms with E-state index in [4.69, 9.17) is 0 Å². The van der Waals surface area contributed by atoms with Gasteiger partial charge in [-0.1, -0.05) is 97.1 Å². The van der Waals surface area contributed by atoms with Gasteiger partial charge in [0.05, 0.1) is 45.5 Å². The van der Waals surface area contributed by atoms with Gasteiger partial charge in [-0.15, -0.1) is 0 Å². The molecule has 12 rings (SSSR count). The van der Waals surface area contributed by atoms with E-state index in [-0.39, 0.29) is 22.3 Å². The van der Waals surface area contributed by atoms with Gasteiger partial charge in [-0.05, 0) is 146 Å². The van der Waals surface area contributed by atoms with Crippen molar-refractivity contribution < 1.29 is 0 Å². The average molecular weight is 779 g/mol. The predicted molar refractivity (Wildman–Crippen MR) is 242 cm³/mol. The van der Waals surface area contributed by atoms with E-state index >= 15 is 0 Å².